The van der Waals surface area contributed by atoms with Crippen LogP contribution in [0.25, 0.3) is 10.2 Å². The third-order valence-corrected chi connectivity index (χ3v) is 5.87. The van der Waals surface area contributed by atoms with Crippen LogP contribution in [-0.4, -0.2) is 23.6 Å². The Morgan fingerprint density at radius 2 is 2.04 bits per heavy atom. The molecule has 0 aliphatic heterocycles. The summed E-state index contributed by atoms with van der Waals surface area (Å²) in [5, 5.41) is 0. The molecule has 25 heavy (non-hydrogen) atoms. The summed E-state index contributed by atoms with van der Waals surface area (Å²) in [5.74, 6) is -0.608. The van der Waals surface area contributed by atoms with Gasteiger partial charge in [0.1, 0.15) is 0 Å². The van der Waals surface area contributed by atoms with E-state index in [-0.39, 0.29) is 18.3 Å². The maximum Gasteiger partial charge on any atom is 0.337 e. The number of thiazole rings is 1. The van der Waals surface area contributed by atoms with Gasteiger partial charge >= 0.3 is 5.97 Å². The average Bonchev–Trinajstić information content (AvgIpc) is 3.15. The number of ether oxygens (including phenoxy) is 1. The number of rotatable bonds is 4. The molecule has 5 nitrogen and oxygen atoms in total. The van der Waals surface area contributed by atoms with E-state index in [2.05, 4.69) is 4.99 Å². The van der Waals surface area contributed by atoms with Crippen LogP contribution < -0.4 is 4.80 Å². The number of aryl methyl sites for hydroxylation is 1. The monoisotopic (exact) mass is 394 g/mol. The number of esters is 1. The molecule has 2 aromatic heterocycles. The summed E-state index contributed by atoms with van der Waals surface area (Å²) in [5.41, 5.74) is 1.41. The minimum atomic E-state index is -0.387. The molecule has 2 heterocycles. The number of amides is 1. The summed E-state index contributed by atoms with van der Waals surface area (Å²) >= 11 is 8.65. The summed E-state index contributed by atoms with van der Waals surface area (Å²) < 4.78 is 8.25. The molecular formula is C17H15ClN2O3S2. The van der Waals surface area contributed by atoms with Crippen molar-refractivity contribution in [3.63, 3.8) is 0 Å². The minimum Gasteiger partial charge on any atom is -0.465 e. The predicted octanol–water partition coefficient (Wildman–Crippen LogP) is 3.89. The number of halogens is 1. The lowest BCUT2D eigenvalue weighted by molar-refractivity contribution is -0.117. The van der Waals surface area contributed by atoms with Gasteiger partial charge in [-0.25, -0.2) is 4.79 Å². The Labute approximate surface area is 157 Å². The smallest absolute Gasteiger partial charge is 0.337 e. The lowest BCUT2D eigenvalue weighted by atomic mass is 10.2. The van der Waals surface area contributed by atoms with Crippen LogP contribution in [0.2, 0.25) is 4.34 Å². The molecular weight excluding hydrogens is 380 g/mol. The van der Waals surface area contributed by atoms with Crippen molar-refractivity contribution in [2.75, 3.05) is 7.11 Å². The maximum atomic E-state index is 12.3. The predicted molar refractivity (Wildman–Crippen MR) is 100 cm³/mol. The molecule has 0 atom stereocenters. The van der Waals surface area contributed by atoms with Gasteiger partial charge in [-0.15, -0.1) is 11.3 Å². The number of carbonyl (C=O) groups is 2. The highest BCUT2D eigenvalue weighted by molar-refractivity contribution is 7.16. The van der Waals surface area contributed by atoms with Crippen molar-refractivity contribution < 1.29 is 14.3 Å². The van der Waals surface area contributed by atoms with Crippen LogP contribution in [0.1, 0.15) is 22.2 Å². The van der Waals surface area contributed by atoms with Crippen molar-refractivity contribution in [3.05, 3.63) is 49.9 Å². The third kappa shape index (κ3) is 3.84. The molecule has 0 unspecified atom stereocenters. The van der Waals surface area contributed by atoms with E-state index in [4.69, 9.17) is 16.3 Å². The van der Waals surface area contributed by atoms with Gasteiger partial charge in [0.25, 0.3) is 5.91 Å². The fourth-order valence-corrected chi connectivity index (χ4v) is 4.68. The Morgan fingerprint density at radius 3 is 2.68 bits per heavy atom. The largest absolute Gasteiger partial charge is 0.465 e. The van der Waals surface area contributed by atoms with Gasteiger partial charge in [0.2, 0.25) is 0 Å². The van der Waals surface area contributed by atoms with Crippen LogP contribution in [0.3, 0.4) is 0 Å². The van der Waals surface area contributed by atoms with Crippen molar-refractivity contribution >= 4 is 56.4 Å². The zero-order chi connectivity index (χ0) is 18.0. The van der Waals surface area contributed by atoms with E-state index < -0.39 is 0 Å². The number of aromatic nitrogens is 1. The zero-order valence-corrected chi connectivity index (χ0v) is 16.0. The Kier molecular flexibility index (Phi) is 5.36. The fourth-order valence-electron chi connectivity index (χ4n) is 2.45. The molecule has 1 aromatic carbocycles. The standard InChI is InChI=1S/C17H15ClN2O3S2/c1-3-20-12-6-4-10(16(22)23-2)8-13(12)25-17(20)19-15(21)9-11-5-7-14(18)24-11/h4-8H,3,9H2,1-2H3. The molecule has 0 fully saturated rings. The molecule has 8 heteroatoms. The SMILES string of the molecule is CCn1c(=NC(=O)Cc2ccc(Cl)s2)sc2cc(C(=O)OC)ccc21. The third-order valence-electron chi connectivity index (χ3n) is 3.59. The van der Waals surface area contributed by atoms with Crippen molar-refractivity contribution in [1.82, 2.24) is 4.57 Å². The molecule has 0 bridgehead atoms. The first kappa shape index (κ1) is 17.8. The normalized spacial score (nSPS) is 11.9. The van der Waals surface area contributed by atoms with Gasteiger partial charge in [-0.1, -0.05) is 22.9 Å². The van der Waals surface area contributed by atoms with Crippen LogP contribution >= 0.6 is 34.3 Å². The van der Waals surface area contributed by atoms with Gasteiger partial charge in [-0.3, -0.25) is 4.79 Å². The van der Waals surface area contributed by atoms with Gasteiger partial charge in [-0.2, -0.15) is 4.99 Å². The quantitative estimate of drug-likeness (QED) is 0.630. The Balaban J connectivity index is 1.99. The fraction of sp³-hybridized carbons (Fsp3) is 0.235. The molecule has 0 radical (unpaired) electrons. The second-order valence-corrected chi connectivity index (χ2v) is 8.00. The second kappa shape index (κ2) is 7.51. The van der Waals surface area contributed by atoms with Crippen molar-refractivity contribution in [2.24, 2.45) is 4.99 Å². The van der Waals surface area contributed by atoms with E-state index in [1.54, 1.807) is 18.2 Å². The molecule has 0 aliphatic rings. The van der Waals surface area contributed by atoms with Crippen molar-refractivity contribution in [3.8, 4) is 0 Å². The molecule has 0 aliphatic carbocycles. The van der Waals surface area contributed by atoms with Crippen LogP contribution in [0.5, 0.6) is 0 Å². The number of carbonyl (C=O) groups excluding carboxylic acids is 2. The van der Waals surface area contributed by atoms with Crippen LogP contribution in [0.4, 0.5) is 0 Å². The molecule has 3 rings (SSSR count). The molecule has 130 valence electrons. The van der Waals surface area contributed by atoms with Crippen LogP contribution in [0, 0.1) is 0 Å². The first-order valence-electron chi connectivity index (χ1n) is 7.55. The topological polar surface area (TPSA) is 60.7 Å². The van der Waals surface area contributed by atoms with E-state index >= 15 is 0 Å². The molecule has 0 N–H and O–H groups in total. The van der Waals surface area contributed by atoms with E-state index in [1.165, 1.54) is 29.8 Å². The van der Waals surface area contributed by atoms with E-state index in [0.29, 0.717) is 21.2 Å². The number of nitrogens with zero attached hydrogens (tertiary/aromatic N) is 2. The number of benzene rings is 1. The van der Waals surface area contributed by atoms with Gasteiger partial charge in [-0.05, 0) is 37.3 Å². The summed E-state index contributed by atoms with van der Waals surface area (Å²) in [6, 6.07) is 8.94. The van der Waals surface area contributed by atoms with Crippen molar-refractivity contribution in [2.45, 2.75) is 19.9 Å². The van der Waals surface area contributed by atoms with Gasteiger partial charge < -0.3 is 9.30 Å². The number of methoxy groups -OCH3 is 1. The molecule has 0 saturated heterocycles. The molecule has 1 amide bonds. The second-order valence-electron chi connectivity index (χ2n) is 5.19. The first-order chi connectivity index (χ1) is 12.0. The van der Waals surface area contributed by atoms with E-state index in [9.17, 15) is 9.59 Å². The minimum absolute atomic E-state index is 0.222. The Morgan fingerprint density at radius 1 is 1.24 bits per heavy atom. The van der Waals surface area contributed by atoms with E-state index in [0.717, 1.165) is 15.1 Å². The van der Waals surface area contributed by atoms with E-state index in [1.807, 2.05) is 23.6 Å². The zero-order valence-electron chi connectivity index (χ0n) is 13.6. The van der Waals surface area contributed by atoms with Gasteiger partial charge in [0, 0.05) is 11.4 Å². The Hall–Kier alpha value is -1.96. The molecule has 0 spiro atoms. The molecule has 3 aromatic rings. The summed E-state index contributed by atoms with van der Waals surface area (Å²) in [7, 11) is 1.35. The Bertz CT molecular complexity index is 1020. The summed E-state index contributed by atoms with van der Waals surface area (Å²) in [6.07, 6.45) is 0.225. The van der Waals surface area contributed by atoms with Crippen LogP contribution in [0.15, 0.2) is 35.3 Å². The number of hydrogen-bond donors (Lipinski definition) is 0. The van der Waals surface area contributed by atoms with Gasteiger partial charge in [0.05, 0.1) is 33.6 Å². The maximum absolute atomic E-state index is 12.3. The highest BCUT2D eigenvalue weighted by atomic mass is 35.5. The molecule has 0 saturated carbocycles. The average molecular weight is 395 g/mol. The lowest BCUT2D eigenvalue weighted by Gasteiger charge is -2.02. The number of fused-ring (bicyclic) bond motifs is 1. The lowest BCUT2D eigenvalue weighted by Crippen LogP contribution is -2.16. The highest BCUT2D eigenvalue weighted by Gasteiger charge is 2.12. The van der Waals surface area contributed by atoms with Crippen molar-refractivity contribution in [1.29, 1.82) is 0 Å². The number of hydrogen-bond acceptors (Lipinski definition) is 5. The first-order valence-corrected chi connectivity index (χ1v) is 9.56. The van der Waals surface area contributed by atoms with Crippen LogP contribution in [-0.2, 0) is 22.5 Å². The van der Waals surface area contributed by atoms with Gasteiger partial charge in [0.15, 0.2) is 4.80 Å². The summed E-state index contributed by atoms with van der Waals surface area (Å²) in [4.78, 5) is 29.7. The number of thiophene rings is 1. The highest BCUT2D eigenvalue weighted by Crippen LogP contribution is 2.22. The summed E-state index contributed by atoms with van der Waals surface area (Å²) in [6.45, 7) is 2.66.